The molecule has 2 aromatic carbocycles. The summed E-state index contributed by atoms with van der Waals surface area (Å²) in [5.41, 5.74) is 4.84. The van der Waals surface area contributed by atoms with Gasteiger partial charge in [0.25, 0.3) is 0 Å². The third-order valence-corrected chi connectivity index (χ3v) is 9.17. The van der Waals surface area contributed by atoms with Crippen LogP contribution in [0.3, 0.4) is 0 Å². The van der Waals surface area contributed by atoms with Crippen LogP contribution in [0.15, 0.2) is 52.7 Å². The molecule has 172 valence electrons. The van der Waals surface area contributed by atoms with Crippen molar-refractivity contribution in [3.05, 3.63) is 59.8 Å². The Kier molecular flexibility index (Phi) is 5.72. The number of urea groups is 1. The number of nitrogens with zero attached hydrogens (tertiary/aromatic N) is 3. The zero-order valence-corrected chi connectivity index (χ0v) is 20.0. The molecule has 1 aromatic heterocycles. The summed E-state index contributed by atoms with van der Waals surface area (Å²) in [5.74, 6) is 0.686. The molecule has 1 aliphatic heterocycles. The van der Waals surface area contributed by atoms with Gasteiger partial charge in [0.1, 0.15) is 0 Å². The highest BCUT2D eigenvalue weighted by Crippen LogP contribution is 2.38. The molecule has 2 heterocycles. The number of aryl methyl sites for hydroxylation is 1. The van der Waals surface area contributed by atoms with Gasteiger partial charge in [-0.1, -0.05) is 54.2 Å². The van der Waals surface area contributed by atoms with Crippen molar-refractivity contribution in [1.82, 2.24) is 4.98 Å². The van der Waals surface area contributed by atoms with Gasteiger partial charge in [0.15, 0.2) is 9.34 Å². The van der Waals surface area contributed by atoms with Gasteiger partial charge in [-0.2, -0.15) is 0 Å². The highest BCUT2D eigenvalue weighted by atomic mass is 32.2. The van der Waals surface area contributed by atoms with Crippen molar-refractivity contribution in [2.24, 2.45) is 5.14 Å². The van der Waals surface area contributed by atoms with E-state index < -0.39 is 10.0 Å². The van der Waals surface area contributed by atoms with Crippen molar-refractivity contribution in [2.75, 3.05) is 22.9 Å². The molecule has 33 heavy (non-hydrogen) atoms. The highest BCUT2D eigenvalue weighted by Gasteiger charge is 2.31. The van der Waals surface area contributed by atoms with Gasteiger partial charge < -0.3 is 0 Å². The number of aromatic nitrogens is 1. The van der Waals surface area contributed by atoms with E-state index in [1.54, 1.807) is 11.8 Å². The van der Waals surface area contributed by atoms with E-state index >= 15 is 0 Å². The molecular weight excluding hydrogens is 456 g/mol. The van der Waals surface area contributed by atoms with Gasteiger partial charge >= 0.3 is 6.03 Å². The second-order valence-electron chi connectivity index (χ2n) is 8.65. The van der Waals surface area contributed by atoms with Crippen molar-refractivity contribution < 1.29 is 13.2 Å². The first kappa shape index (κ1) is 22.1. The molecule has 0 spiro atoms. The SMILES string of the molecule is Cc1nc(N2CCCN(c3ccc(-c4cccc(C5CCC5)c4)cc3)C2=O)sc1S(N)(=O)=O. The number of amides is 2. The molecule has 0 bridgehead atoms. The van der Waals surface area contributed by atoms with Crippen molar-refractivity contribution in [1.29, 1.82) is 0 Å². The summed E-state index contributed by atoms with van der Waals surface area (Å²) in [7, 11) is -3.87. The molecule has 1 saturated carbocycles. The summed E-state index contributed by atoms with van der Waals surface area (Å²) in [6.45, 7) is 2.67. The molecule has 7 nitrogen and oxygen atoms in total. The van der Waals surface area contributed by atoms with Gasteiger partial charge in [-0.15, -0.1) is 0 Å². The second kappa shape index (κ2) is 8.55. The number of thiazole rings is 1. The summed E-state index contributed by atoms with van der Waals surface area (Å²) < 4.78 is 23.6. The second-order valence-corrected chi connectivity index (χ2v) is 11.4. The molecular formula is C24H26N4O3S2. The summed E-state index contributed by atoms with van der Waals surface area (Å²) in [5, 5.41) is 5.64. The van der Waals surface area contributed by atoms with Crippen LogP contribution >= 0.6 is 11.3 Å². The molecule has 9 heteroatoms. The van der Waals surface area contributed by atoms with Crippen LogP contribution in [-0.2, 0) is 10.0 Å². The van der Waals surface area contributed by atoms with Crippen LogP contribution < -0.4 is 14.9 Å². The van der Waals surface area contributed by atoms with Crippen LogP contribution in [0.1, 0.15) is 42.9 Å². The van der Waals surface area contributed by atoms with Gasteiger partial charge in [-0.3, -0.25) is 9.80 Å². The van der Waals surface area contributed by atoms with Crippen LogP contribution in [0.2, 0.25) is 0 Å². The summed E-state index contributed by atoms with van der Waals surface area (Å²) in [6.07, 6.45) is 4.61. The molecule has 2 fully saturated rings. The van der Waals surface area contributed by atoms with Crippen LogP contribution in [0.4, 0.5) is 15.6 Å². The van der Waals surface area contributed by atoms with E-state index in [0.717, 1.165) is 29.0 Å². The van der Waals surface area contributed by atoms with Gasteiger partial charge in [-0.05, 0) is 60.9 Å². The molecule has 3 aromatic rings. The van der Waals surface area contributed by atoms with Crippen molar-refractivity contribution >= 4 is 38.2 Å². The minimum Gasteiger partial charge on any atom is -0.294 e. The van der Waals surface area contributed by atoms with Crippen molar-refractivity contribution in [2.45, 2.75) is 42.7 Å². The third kappa shape index (κ3) is 4.28. The van der Waals surface area contributed by atoms with Gasteiger partial charge in [0, 0.05) is 18.8 Å². The lowest BCUT2D eigenvalue weighted by Crippen LogP contribution is -2.49. The van der Waals surface area contributed by atoms with E-state index in [1.807, 2.05) is 24.3 Å². The molecule has 2 N–H and O–H groups in total. The summed E-state index contributed by atoms with van der Waals surface area (Å²) >= 11 is 0.938. The number of benzene rings is 2. The van der Waals surface area contributed by atoms with E-state index in [9.17, 15) is 13.2 Å². The number of carbonyl (C=O) groups is 1. The van der Waals surface area contributed by atoms with E-state index in [1.165, 1.54) is 35.3 Å². The Labute approximate surface area is 197 Å². The average molecular weight is 483 g/mol. The maximum atomic E-state index is 13.2. The van der Waals surface area contributed by atoms with E-state index in [2.05, 4.69) is 29.2 Å². The minimum atomic E-state index is -3.87. The Morgan fingerprint density at radius 3 is 2.36 bits per heavy atom. The number of hydrogen-bond acceptors (Lipinski definition) is 5. The molecule has 1 saturated heterocycles. The number of hydrogen-bond donors (Lipinski definition) is 1. The zero-order chi connectivity index (χ0) is 23.2. The maximum Gasteiger partial charge on any atom is 0.330 e. The summed E-state index contributed by atoms with van der Waals surface area (Å²) in [6, 6.07) is 16.6. The van der Waals surface area contributed by atoms with E-state index in [4.69, 9.17) is 5.14 Å². The van der Waals surface area contributed by atoms with Crippen LogP contribution in [0.25, 0.3) is 11.1 Å². The molecule has 0 atom stereocenters. The van der Waals surface area contributed by atoms with Gasteiger partial charge in [0.05, 0.1) is 5.69 Å². The number of carbonyl (C=O) groups excluding carboxylic acids is 1. The van der Waals surface area contributed by atoms with Crippen molar-refractivity contribution in [3.8, 4) is 11.1 Å². The fraction of sp³-hybridized carbons (Fsp3) is 0.333. The molecule has 2 amide bonds. The first-order valence-corrected chi connectivity index (χ1v) is 13.5. The number of sulfonamides is 1. The minimum absolute atomic E-state index is 0.00379. The Morgan fingerprint density at radius 1 is 1.00 bits per heavy atom. The Hall–Kier alpha value is -2.75. The quantitative estimate of drug-likeness (QED) is 0.561. The molecule has 5 rings (SSSR count). The van der Waals surface area contributed by atoms with Gasteiger partial charge in [-0.25, -0.2) is 23.3 Å². The van der Waals surface area contributed by atoms with Crippen LogP contribution in [0, 0.1) is 6.92 Å². The molecule has 2 aliphatic rings. The Bertz CT molecular complexity index is 1300. The monoisotopic (exact) mass is 482 g/mol. The topological polar surface area (TPSA) is 96.6 Å². The lowest BCUT2D eigenvalue weighted by atomic mass is 9.79. The Morgan fingerprint density at radius 2 is 1.73 bits per heavy atom. The zero-order valence-electron chi connectivity index (χ0n) is 18.4. The standard InChI is InChI=1S/C24H26N4O3S2/c1-16-22(33(25,30)31)32-23(26-16)28-14-4-13-27(24(28)29)21-11-9-18(10-12-21)20-8-3-7-19(15-20)17-5-2-6-17/h3,7-12,15,17H,2,4-6,13-14H2,1H3,(H2,25,30,31). The lowest BCUT2D eigenvalue weighted by Gasteiger charge is -2.34. The average Bonchev–Trinajstić information content (AvgIpc) is 3.15. The number of primary sulfonamides is 1. The fourth-order valence-corrected chi connectivity index (χ4v) is 6.40. The smallest absolute Gasteiger partial charge is 0.294 e. The number of rotatable bonds is 5. The predicted molar refractivity (Wildman–Crippen MR) is 131 cm³/mol. The molecule has 1 aliphatic carbocycles. The third-order valence-electron chi connectivity index (χ3n) is 6.43. The first-order chi connectivity index (χ1) is 15.8. The highest BCUT2D eigenvalue weighted by molar-refractivity contribution is 7.91. The summed E-state index contributed by atoms with van der Waals surface area (Å²) in [4.78, 5) is 20.8. The lowest BCUT2D eigenvalue weighted by molar-refractivity contribution is 0.248. The molecule has 0 unspecified atom stereocenters. The molecule has 0 radical (unpaired) electrons. The fourth-order valence-electron chi connectivity index (χ4n) is 4.44. The Balaban J connectivity index is 1.37. The van der Waals surface area contributed by atoms with Crippen molar-refractivity contribution in [3.63, 3.8) is 0 Å². The van der Waals surface area contributed by atoms with Gasteiger partial charge in [0.2, 0.25) is 10.0 Å². The van der Waals surface area contributed by atoms with Crippen LogP contribution in [-0.4, -0.2) is 32.5 Å². The first-order valence-electron chi connectivity index (χ1n) is 11.1. The maximum absolute atomic E-state index is 13.2. The van der Waals surface area contributed by atoms with E-state index in [0.29, 0.717) is 29.8 Å². The number of anilines is 2. The van der Waals surface area contributed by atoms with E-state index in [-0.39, 0.29) is 10.2 Å². The number of nitrogens with two attached hydrogens (primary N) is 1. The predicted octanol–water partition coefficient (Wildman–Crippen LogP) is 4.87. The largest absolute Gasteiger partial charge is 0.330 e. The normalized spacial score (nSPS) is 17.3. The van der Waals surface area contributed by atoms with Crippen LogP contribution in [0.5, 0.6) is 0 Å².